The average molecular weight is 480 g/mol. The molecule has 1 saturated carbocycles. The molecular weight excluding hydrogens is 458 g/mol. The van der Waals surface area contributed by atoms with Crippen LogP contribution in [-0.2, 0) is 11.3 Å². The molecule has 0 radical (unpaired) electrons. The Morgan fingerprint density at radius 2 is 2.00 bits per heavy atom. The molecule has 1 amide bonds. The molecule has 0 atom stereocenters. The smallest absolute Gasteiger partial charge is 0.293 e. The van der Waals surface area contributed by atoms with Crippen molar-refractivity contribution in [2.24, 2.45) is 0 Å². The van der Waals surface area contributed by atoms with Crippen LogP contribution in [0.1, 0.15) is 24.5 Å². The van der Waals surface area contributed by atoms with Gasteiger partial charge in [-0.1, -0.05) is 17.7 Å². The predicted octanol–water partition coefficient (Wildman–Crippen LogP) is 3.77. The van der Waals surface area contributed by atoms with E-state index in [-0.39, 0.29) is 12.5 Å². The lowest BCUT2D eigenvalue weighted by Crippen LogP contribution is -2.31. The lowest BCUT2D eigenvalue weighted by atomic mass is 10.2. The molecule has 10 heteroatoms. The summed E-state index contributed by atoms with van der Waals surface area (Å²) in [7, 11) is 3.05. The number of fused-ring (bicyclic) bond motifs is 1. The first-order valence-electron chi connectivity index (χ1n) is 10.7. The minimum absolute atomic E-state index is 0.243. The first-order chi connectivity index (χ1) is 16.5. The largest absolute Gasteiger partial charge is 0.497 e. The summed E-state index contributed by atoms with van der Waals surface area (Å²) in [6, 6.07) is 12.2. The van der Waals surface area contributed by atoms with Crippen molar-refractivity contribution in [3.8, 4) is 17.2 Å². The number of hydrogen-bond acceptors (Lipinski definition) is 6. The Morgan fingerprint density at radius 3 is 2.71 bits per heavy atom. The third-order valence-corrected chi connectivity index (χ3v) is 5.94. The Kier molecular flexibility index (Phi) is 5.70. The first kappa shape index (κ1) is 22.0. The Bertz CT molecular complexity index is 1460. The summed E-state index contributed by atoms with van der Waals surface area (Å²) < 4.78 is 13.3. The summed E-state index contributed by atoms with van der Waals surface area (Å²) in [5.41, 5.74) is 1.82. The summed E-state index contributed by atoms with van der Waals surface area (Å²) in [5, 5.41) is 13.0. The number of aromatic nitrogens is 4. The Labute approximate surface area is 199 Å². The van der Waals surface area contributed by atoms with Gasteiger partial charge < -0.3 is 14.8 Å². The second-order valence-electron chi connectivity index (χ2n) is 8.04. The number of carbonyl (C=O) groups excluding carboxylic acids is 1. The fourth-order valence-corrected chi connectivity index (χ4v) is 4.08. The van der Waals surface area contributed by atoms with Crippen LogP contribution in [0.25, 0.3) is 16.6 Å². The number of nitrogens with one attached hydrogen (secondary N) is 1. The molecule has 4 aromatic rings. The molecule has 174 valence electrons. The second kappa shape index (κ2) is 8.83. The molecule has 1 fully saturated rings. The van der Waals surface area contributed by atoms with Crippen LogP contribution in [0.3, 0.4) is 0 Å². The third-order valence-electron chi connectivity index (χ3n) is 5.70. The van der Waals surface area contributed by atoms with Crippen LogP contribution in [0, 0.1) is 0 Å². The molecule has 9 nitrogen and oxygen atoms in total. The van der Waals surface area contributed by atoms with Gasteiger partial charge in [0, 0.05) is 22.4 Å². The van der Waals surface area contributed by atoms with Gasteiger partial charge in [0.15, 0.2) is 0 Å². The average Bonchev–Trinajstić information content (AvgIpc) is 3.58. The number of benzene rings is 2. The van der Waals surface area contributed by atoms with E-state index >= 15 is 0 Å². The topological polar surface area (TPSA) is 100 Å². The highest BCUT2D eigenvalue weighted by Crippen LogP contribution is 2.41. The van der Waals surface area contributed by atoms with E-state index in [2.05, 4.69) is 15.5 Å². The molecule has 0 aliphatic heterocycles. The van der Waals surface area contributed by atoms with E-state index in [0.717, 1.165) is 18.5 Å². The number of nitrogens with zero attached hydrogens (tertiary/aromatic N) is 4. The van der Waals surface area contributed by atoms with Crippen molar-refractivity contribution in [2.75, 3.05) is 19.5 Å². The van der Waals surface area contributed by atoms with Crippen LogP contribution in [0.2, 0.25) is 5.02 Å². The van der Waals surface area contributed by atoms with E-state index in [0.29, 0.717) is 38.8 Å². The van der Waals surface area contributed by atoms with Crippen molar-refractivity contribution in [1.29, 1.82) is 0 Å². The van der Waals surface area contributed by atoms with Gasteiger partial charge in [0.05, 0.1) is 37.5 Å². The number of carbonyl (C=O) groups is 1. The fourth-order valence-electron chi connectivity index (χ4n) is 3.90. The zero-order valence-electron chi connectivity index (χ0n) is 18.6. The monoisotopic (exact) mass is 479 g/mol. The number of amides is 1. The van der Waals surface area contributed by atoms with Crippen LogP contribution in [-0.4, -0.2) is 39.7 Å². The molecule has 1 N–H and O–H groups in total. The lowest BCUT2D eigenvalue weighted by molar-refractivity contribution is -0.117. The molecule has 1 aliphatic rings. The number of rotatable bonds is 7. The molecule has 0 spiro atoms. The minimum Gasteiger partial charge on any atom is -0.497 e. The number of methoxy groups -OCH3 is 2. The van der Waals surface area contributed by atoms with Crippen LogP contribution < -0.4 is 20.3 Å². The summed E-state index contributed by atoms with van der Waals surface area (Å²) >= 11 is 6.16. The van der Waals surface area contributed by atoms with Crippen molar-refractivity contribution in [3.05, 3.63) is 69.7 Å². The van der Waals surface area contributed by atoms with E-state index in [1.165, 1.54) is 18.9 Å². The van der Waals surface area contributed by atoms with Crippen LogP contribution >= 0.6 is 11.6 Å². The van der Waals surface area contributed by atoms with Gasteiger partial charge in [-0.25, -0.2) is 9.36 Å². The maximum Gasteiger partial charge on any atom is 0.293 e. The van der Waals surface area contributed by atoms with E-state index in [4.69, 9.17) is 21.1 Å². The zero-order valence-corrected chi connectivity index (χ0v) is 19.4. The minimum atomic E-state index is -0.420. The normalized spacial score (nSPS) is 13.1. The standard InChI is InChI=1S/C24H22ClN5O4/c1-33-17-8-9-20(34-2)19(11-17)27-21(31)13-29-24(32)23-18(22(28-29)14-6-7-14)12-26-30(23)16-5-3-4-15(25)10-16/h3-5,8-12,14H,6-7,13H2,1-2H3,(H,27,31). The van der Waals surface area contributed by atoms with Gasteiger partial charge in [0.1, 0.15) is 23.6 Å². The van der Waals surface area contributed by atoms with Gasteiger partial charge >= 0.3 is 0 Å². The Morgan fingerprint density at radius 1 is 1.18 bits per heavy atom. The summed E-state index contributed by atoms with van der Waals surface area (Å²) in [6.07, 6.45) is 3.62. The molecule has 1 aliphatic carbocycles. The van der Waals surface area contributed by atoms with Crippen molar-refractivity contribution in [1.82, 2.24) is 19.6 Å². The summed E-state index contributed by atoms with van der Waals surface area (Å²) in [5.74, 6) is 0.862. The van der Waals surface area contributed by atoms with Crippen molar-refractivity contribution >= 4 is 34.1 Å². The molecule has 5 rings (SSSR count). The highest BCUT2D eigenvalue weighted by Gasteiger charge is 2.30. The SMILES string of the molecule is COc1ccc(OC)c(NC(=O)Cn2nc(C3CC3)c3cnn(-c4cccc(Cl)c4)c3c2=O)c1. The maximum absolute atomic E-state index is 13.5. The molecule has 0 saturated heterocycles. The molecular formula is C24H22ClN5O4. The fraction of sp³-hybridized carbons (Fsp3) is 0.250. The summed E-state index contributed by atoms with van der Waals surface area (Å²) in [6.45, 7) is -0.268. The molecule has 2 aromatic carbocycles. The van der Waals surface area contributed by atoms with E-state index in [1.807, 2.05) is 6.07 Å². The van der Waals surface area contributed by atoms with Crippen molar-refractivity contribution in [3.63, 3.8) is 0 Å². The number of halogens is 1. The highest BCUT2D eigenvalue weighted by molar-refractivity contribution is 6.30. The lowest BCUT2D eigenvalue weighted by Gasteiger charge is -2.13. The highest BCUT2D eigenvalue weighted by atomic mass is 35.5. The first-order valence-corrected chi connectivity index (χ1v) is 11.1. The van der Waals surface area contributed by atoms with Crippen LogP contribution in [0.5, 0.6) is 11.5 Å². The predicted molar refractivity (Wildman–Crippen MR) is 128 cm³/mol. The molecule has 2 heterocycles. The Balaban J connectivity index is 1.54. The number of hydrogen-bond donors (Lipinski definition) is 1. The maximum atomic E-state index is 13.5. The zero-order chi connectivity index (χ0) is 23.8. The quantitative estimate of drug-likeness (QED) is 0.433. The number of anilines is 1. The van der Waals surface area contributed by atoms with Gasteiger partial charge in [-0.2, -0.15) is 10.2 Å². The Hall–Kier alpha value is -3.85. The van der Waals surface area contributed by atoms with Crippen LogP contribution in [0.15, 0.2) is 53.5 Å². The third kappa shape index (κ3) is 4.10. The van der Waals surface area contributed by atoms with Crippen molar-refractivity contribution in [2.45, 2.75) is 25.3 Å². The van der Waals surface area contributed by atoms with E-state index in [9.17, 15) is 9.59 Å². The molecule has 0 unspecified atom stereocenters. The molecule has 0 bridgehead atoms. The number of ether oxygens (including phenoxy) is 2. The molecule has 2 aromatic heterocycles. The van der Waals surface area contributed by atoms with E-state index < -0.39 is 11.5 Å². The van der Waals surface area contributed by atoms with Gasteiger partial charge in [-0.3, -0.25) is 9.59 Å². The molecule has 34 heavy (non-hydrogen) atoms. The van der Waals surface area contributed by atoms with Gasteiger partial charge in [0.25, 0.3) is 5.56 Å². The second-order valence-corrected chi connectivity index (χ2v) is 8.47. The van der Waals surface area contributed by atoms with Crippen LogP contribution in [0.4, 0.5) is 5.69 Å². The van der Waals surface area contributed by atoms with Gasteiger partial charge in [0.2, 0.25) is 5.91 Å². The van der Waals surface area contributed by atoms with E-state index in [1.54, 1.807) is 47.3 Å². The summed E-state index contributed by atoms with van der Waals surface area (Å²) in [4.78, 5) is 26.4. The van der Waals surface area contributed by atoms with Crippen molar-refractivity contribution < 1.29 is 14.3 Å². The van der Waals surface area contributed by atoms with Gasteiger partial charge in [-0.15, -0.1) is 0 Å². The van der Waals surface area contributed by atoms with Gasteiger partial charge in [-0.05, 0) is 43.2 Å².